The van der Waals surface area contributed by atoms with Crippen LogP contribution in [-0.4, -0.2) is 28.3 Å². The number of nitrogens with zero attached hydrogens (tertiary/aromatic N) is 3. The first-order valence-corrected chi connectivity index (χ1v) is 10.1. The first-order valence-electron chi connectivity index (χ1n) is 9.13. The van der Waals surface area contributed by atoms with E-state index in [1.807, 2.05) is 11.8 Å². The summed E-state index contributed by atoms with van der Waals surface area (Å²) < 4.78 is 5.00. The summed E-state index contributed by atoms with van der Waals surface area (Å²) in [5.41, 5.74) is 4.22. The number of halogens is 1. The quantitative estimate of drug-likeness (QED) is 0.494. The van der Waals surface area contributed by atoms with Gasteiger partial charge < -0.3 is 28.9 Å². The average molecular weight is 467 g/mol. The first kappa shape index (κ1) is 18.8. The fourth-order valence-electron chi connectivity index (χ4n) is 3.99. The Morgan fingerprint density at radius 1 is 1.16 bits per heavy atom. The van der Waals surface area contributed by atoms with E-state index in [-0.39, 0.29) is 24.0 Å². The standard InChI is InChI=1S/C20H26N3S.HI/c1-3-21-14-15-24-19(21)12-11-16-8-7-13-23-18-10-6-5-9-17(18)22(4-2)20(16)23;/h5-6,9-12H,3-4,7-8,13-15H2,1-2H3;1H/q+1;/p-1. The highest BCUT2D eigenvalue weighted by molar-refractivity contribution is 8.03. The van der Waals surface area contributed by atoms with Gasteiger partial charge in [0.05, 0.1) is 18.1 Å². The summed E-state index contributed by atoms with van der Waals surface area (Å²) >= 11 is 1.99. The molecule has 25 heavy (non-hydrogen) atoms. The lowest BCUT2D eigenvalue weighted by Gasteiger charge is -2.16. The molecule has 2 aliphatic rings. The highest BCUT2D eigenvalue weighted by Gasteiger charge is 2.29. The van der Waals surface area contributed by atoms with Gasteiger partial charge in [0.1, 0.15) is 0 Å². The number of fused-ring (bicyclic) bond motifs is 3. The van der Waals surface area contributed by atoms with Crippen molar-refractivity contribution in [3.63, 3.8) is 0 Å². The molecule has 3 nitrogen and oxygen atoms in total. The fourth-order valence-corrected chi connectivity index (χ4v) is 5.07. The molecule has 0 spiro atoms. The van der Waals surface area contributed by atoms with E-state index in [0.717, 1.165) is 19.6 Å². The van der Waals surface area contributed by atoms with Crippen molar-refractivity contribution in [3.05, 3.63) is 47.3 Å². The molecule has 0 amide bonds. The lowest BCUT2D eigenvalue weighted by Crippen LogP contribution is -3.00. The van der Waals surface area contributed by atoms with E-state index < -0.39 is 0 Å². The van der Waals surface area contributed by atoms with Crippen molar-refractivity contribution in [2.75, 3.05) is 18.8 Å². The Hall–Kier alpha value is -0.950. The van der Waals surface area contributed by atoms with Crippen molar-refractivity contribution in [1.82, 2.24) is 9.47 Å². The van der Waals surface area contributed by atoms with Crippen LogP contribution in [0, 0.1) is 0 Å². The molecule has 0 atom stereocenters. The van der Waals surface area contributed by atoms with Gasteiger partial charge in [-0.25, -0.2) is 9.13 Å². The zero-order chi connectivity index (χ0) is 16.5. The van der Waals surface area contributed by atoms with E-state index >= 15 is 0 Å². The minimum atomic E-state index is 0. The number of hydrogen-bond donors (Lipinski definition) is 0. The van der Waals surface area contributed by atoms with Crippen molar-refractivity contribution in [2.45, 2.75) is 39.8 Å². The number of hydrogen-bond acceptors (Lipinski definition) is 2. The van der Waals surface area contributed by atoms with Crippen molar-refractivity contribution in [2.24, 2.45) is 0 Å². The molecule has 4 rings (SSSR count). The molecular weight excluding hydrogens is 441 g/mol. The SMILES string of the molecule is CCN1CCSC1=CC=C1CCCn2c1[n+](CC)c1ccccc12.[I-]. The van der Waals surface area contributed by atoms with E-state index in [9.17, 15) is 0 Å². The molecule has 2 aromatic rings. The smallest absolute Gasteiger partial charge is 0.285 e. The molecule has 0 saturated carbocycles. The van der Waals surface area contributed by atoms with Crippen LogP contribution in [-0.2, 0) is 13.1 Å². The lowest BCUT2D eigenvalue weighted by molar-refractivity contribution is -0.671. The molecule has 1 aromatic heterocycles. The Balaban J connectivity index is 0.00000182. The number of thioether (sulfide) groups is 1. The summed E-state index contributed by atoms with van der Waals surface area (Å²) in [6.45, 7) is 8.95. The zero-order valence-electron chi connectivity index (χ0n) is 15.0. The molecule has 1 aromatic carbocycles. The maximum atomic E-state index is 2.52. The second kappa shape index (κ2) is 8.16. The molecule has 2 aliphatic heterocycles. The summed E-state index contributed by atoms with van der Waals surface area (Å²) in [6.07, 6.45) is 7.14. The van der Waals surface area contributed by atoms with E-state index in [4.69, 9.17) is 0 Å². The lowest BCUT2D eigenvalue weighted by atomic mass is 10.1. The van der Waals surface area contributed by atoms with Crippen molar-refractivity contribution < 1.29 is 28.5 Å². The Morgan fingerprint density at radius 3 is 2.80 bits per heavy atom. The third kappa shape index (κ3) is 3.37. The minimum Gasteiger partial charge on any atom is -1.00 e. The van der Waals surface area contributed by atoms with Crippen molar-refractivity contribution >= 4 is 28.4 Å². The fraction of sp³-hybridized carbons (Fsp3) is 0.450. The molecule has 0 unspecified atom stereocenters. The predicted molar refractivity (Wildman–Crippen MR) is 103 cm³/mol. The number of aromatic nitrogens is 2. The number of benzene rings is 1. The first-order chi connectivity index (χ1) is 11.8. The summed E-state index contributed by atoms with van der Waals surface area (Å²) in [5, 5.41) is 1.43. The van der Waals surface area contributed by atoms with Gasteiger partial charge in [-0.2, -0.15) is 0 Å². The Morgan fingerprint density at radius 2 is 2.00 bits per heavy atom. The summed E-state index contributed by atoms with van der Waals surface area (Å²) in [6, 6.07) is 8.83. The Kier molecular flexibility index (Phi) is 6.15. The molecule has 134 valence electrons. The maximum absolute atomic E-state index is 2.52. The van der Waals surface area contributed by atoms with Gasteiger partial charge in [0.2, 0.25) is 0 Å². The van der Waals surface area contributed by atoms with Crippen LogP contribution in [0.15, 0.2) is 41.4 Å². The van der Waals surface area contributed by atoms with Gasteiger partial charge in [0.25, 0.3) is 5.82 Å². The van der Waals surface area contributed by atoms with Gasteiger partial charge in [-0.3, -0.25) is 0 Å². The third-order valence-electron chi connectivity index (χ3n) is 5.14. The molecule has 1 fully saturated rings. The molecular formula is C20H26IN3S. The van der Waals surface area contributed by atoms with Crippen molar-refractivity contribution in [3.8, 4) is 0 Å². The van der Waals surface area contributed by atoms with E-state index in [1.165, 1.54) is 52.6 Å². The number of aryl methyl sites for hydroxylation is 2. The minimum absolute atomic E-state index is 0. The highest BCUT2D eigenvalue weighted by atomic mass is 127. The van der Waals surface area contributed by atoms with Crippen LogP contribution in [0.1, 0.15) is 32.5 Å². The third-order valence-corrected chi connectivity index (χ3v) is 6.21. The van der Waals surface area contributed by atoms with Crippen LogP contribution in [0.25, 0.3) is 16.6 Å². The van der Waals surface area contributed by atoms with Crippen LogP contribution >= 0.6 is 11.8 Å². The second-order valence-corrected chi connectivity index (χ2v) is 7.55. The van der Waals surface area contributed by atoms with Gasteiger partial charge in [-0.05, 0) is 51.0 Å². The Bertz CT molecular complexity index is 789. The molecule has 0 radical (unpaired) electrons. The second-order valence-electron chi connectivity index (χ2n) is 6.44. The van der Waals surface area contributed by atoms with E-state index in [0.29, 0.717) is 0 Å². The molecule has 0 bridgehead atoms. The predicted octanol–water partition coefficient (Wildman–Crippen LogP) is 1.04. The number of para-hydroxylation sites is 2. The molecule has 3 heterocycles. The van der Waals surface area contributed by atoms with Crippen LogP contribution in [0.2, 0.25) is 0 Å². The maximum Gasteiger partial charge on any atom is 0.285 e. The normalized spacial score (nSPS) is 20.3. The van der Waals surface area contributed by atoms with Gasteiger partial charge in [0, 0.05) is 24.4 Å². The van der Waals surface area contributed by atoms with Gasteiger partial charge in [0.15, 0.2) is 11.0 Å². The molecule has 5 heteroatoms. The summed E-state index contributed by atoms with van der Waals surface area (Å²) in [5.74, 6) is 2.63. The topological polar surface area (TPSA) is 12.1 Å². The van der Waals surface area contributed by atoms with Crippen molar-refractivity contribution in [1.29, 1.82) is 0 Å². The zero-order valence-corrected chi connectivity index (χ0v) is 18.0. The molecule has 0 N–H and O–H groups in total. The monoisotopic (exact) mass is 467 g/mol. The summed E-state index contributed by atoms with van der Waals surface area (Å²) in [7, 11) is 0. The van der Waals surface area contributed by atoms with E-state index in [2.05, 4.69) is 64.3 Å². The number of imidazole rings is 1. The largest absolute Gasteiger partial charge is 1.00 e. The number of allylic oxidation sites excluding steroid dienone is 3. The molecule has 1 saturated heterocycles. The van der Waals surface area contributed by atoms with Gasteiger partial charge in [-0.1, -0.05) is 12.1 Å². The number of rotatable bonds is 3. The summed E-state index contributed by atoms with van der Waals surface area (Å²) in [4.78, 5) is 2.48. The Labute approximate surface area is 171 Å². The van der Waals surface area contributed by atoms with Crippen LogP contribution in [0.4, 0.5) is 0 Å². The van der Waals surface area contributed by atoms with Crippen LogP contribution in [0.3, 0.4) is 0 Å². The van der Waals surface area contributed by atoms with Gasteiger partial charge >= 0.3 is 0 Å². The molecule has 0 aliphatic carbocycles. The highest BCUT2D eigenvalue weighted by Crippen LogP contribution is 2.31. The van der Waals surface area contributed by atoms with Crippen LogP contribution in [0.5, 0.6) is 0 Å². The van der Waals surface area contributed by atoms with E-state index in [1.54, 1.807) is 0 Å². The average Bonchev–Trinajstić information content (AvgIpc) is 3.22. The van der Waals surface area contributed by atoms with Crippen LogP contribution < -0.4 is 28.5 Å². The van der Waals surface area contributed by atoms with Gasteiger partial charge in [-0.15, -0.1) is 11.8 Å².